The molecule has 2 aliphatic rings. The van der Waals surface area contributed by atoms with Gasteiger partial charge in [-0.25, -0.2) is 0 Å². The maximum absolute atomic E-state index is 9.55. The quantitative estimate of drug-likeness (QED) is 0.402. The molecule has 0 aromatic heterocycles. The topological polar surface area (TPSA) is 69.9 Å². The molecule has 4 nitrogen and oxygen atoms in total. The number of hydrogen-bond donors (Lipinski definition) is 3. The van der Waals surface area contributed by atoms with Crippen LogP contribution >= 0.6 is 0 Å². The second kappa shape index (κ2) is 2.04. The number of hydrogen-bond acceptors (Lipinski definition) is 4. The summed E-state index contributed by atoms with van der Waals surface area (Å²) in [6.45, 7) is -0.262. The zero-order valence-electron chi connectivity index (χ0n) is 5.84. The lowest BCUT2D eigenvalue weighted by Gasteiger charge is -2.32. The molecule has 0 aromatic rings. The van der Waals surface area contributed by atoms with E-state index in [1.807, 2.05) is 0 Å². The van der Waals surface area contributed by atoms with E-state index in [1.165, 1.54) is 6.08 Å². The van der Waals surface area contributed by atoms with E-state index in [-0.39, 0.29) is 6.61 Å². The van der Waals surface area contributed by atoms with Crippen LogP contribution in [0.25, 0.3) is 0 Å². The SMILES string of the molecule is OC[C@H]1O[C@H]2C=C[C@]2(O)C1O. The van der Waals surface area contributed by atoms with Crippen molar-refractivity contribution >= 4 is 0 Å². The lowest BCUT2D eigenvalue weighted by molar-refractivity contribution is -0.0414. The Hall–Kier alpha value is -0.420. The summed E-state index contributed by atoms with van der Waals surface area (Å²) >= 11 is 0. The molecule has 62 valence electrons. The maximum atomic E-state index is 9.55. The van der Waals surface area contributed by atoms with Crippen molar-refractivity contribution in [2.24, 2.45) is 0 Å². The number of rotatable bonds is 1. The van der Waals surface area contributed by atoms with Crippen molar-refractivity contribution in [3.63, 3.8) is 0 Å². The van der Waals surface area contributed by atoms with Crippen molar-refractivity contribution in [1.82, 2.24) is 0 Å². The normalized spacial score (nSPS) is 53.9. The summed E-state index contributed by atoms with van der Waals surface area (Å²) in [7, 11) is 0. The minimum atomic E-state index is -1.24. The van der Waals surface area contributed by atoms with Crippen molar-refractivity contribution in [3.8, 4) is 0 Å². The van der Waals surface area contributed by atoms with E-state index in [4.69, 9.17) is 9.84 Å². The lowest BCUT2D eigenvalue weighted by atomic mass is 9.82. The molecule has 0 aromatic carbocycles. The van der Waals surface area contributed by atoms with E-state index in [0.29, 0.717) is 0 Å². The number of fused-ring (bicyclic) bond motifs is 1. The van der Waals surface area contributed by atoms with Gasteiger partial charge in [-0.05, 0) is 6.08 Å². The van der Waals surface area contributed by atoms with Gasteiger partial charge in [-0.15, -0.1) is 0 Å². The van der Waals surface area contributed by atoms with Crippen molar-refractivity contribution in [2.45, 2.75) is 23.9 Å². The maximum Gasteiger partial charge on any atom is 0.141 e. The van der Waals surface area contributed by atoms with Gasteiger partial charge in [0.15, 0.2) is 0 Å². The molecule has 3 N–H and O–H groups in total. The molecule has 4 heteroatoms. The van der Waals surface area contributed by atoms with Gasteiger partial charge < -0.3 is 20.1 Å². The molecule has 0 radical (unpaired) electrons. The van der Waals surface area contributed by atoms with Crippen LogP contribution in [0.2, 0.25) is 0 Å². The van der Waals surface area contributed by atoms with Crippen LogP contribution in [0.4, 0.5) is 0 Å². The van der Waals surface area contributed by atoms with Gasteiger partial charge in [0, 0.05) is 0 Å². The lowest BCUT2D eigenvalue weighted by Crippen LogP contribution is -2.50. The molecule has 0 saturated carbocycles. The third-order valence-corrected chi connectivity index (χ3v) is 2.32. The van der Waals surface area contributed by atoms with Gasteiger partial charge in [-0.2, -0.15) is 0 Å². The molecule has 0 bridgehead atoms. The summed E-state index contributed by atoms with van der Waals surface area (Å²) in [5.74, 6) is 0. The first-order chi connectivity index (χ1) is 5.18. The molecule has 1 aliphatic heterocycles. The van der Waals surface area contributed by atoms with E-state index in [9.17, 15) is 10.2 Å². The Kier molecular flexibility index (Phi) is 1.34. The number of aliphatic hydroxyl groups excluding tert-OH is 2. The van der Waals surface area contributed by atoms with Crippen LogP contribution < -0.4 is 0 Å². The van der Waals surface area contributed by atoms with E-state index in [2.05, 4.69) is 0 Å². The largest absolute Gasteiger partial charge is 0.394 e. The summed E-state index contributed by atoms with van der Waals surface area (Å²) in [6.07, 6.45) is 1.08. The van der Waals surface area contributed by atoms with Gasteiger partial charge in [0.25, 0.3) is 0 Å². The highest BCUT2D eigenvalue weighted by molar-refractivity contribution is 5.29. The molecule has 1 aliphatic carbocycles. The zero-order chi connectivity index (χ0) is 8.06. The molecule has 1 saturated heterocycles. The summed E-state index contributed by atoms with van der Waals surface area (Å²) in [6, 6.07) is 0. The van der Waals surface area contributed by atoms with Crippen LogP contribution in [0.15, 0.2) is 12.2 Å². The minimum absolute atomic E-state index is 0.262. The average molecular weight is 158 g/mol. The third kappa shape index (κ3) is 0.724. The van der Waals surface area contributed by atoms with Crippen molar-refractivity contribution in [3.05, 3.63) is 12.2 Å². The fraction of sp³-hybridized carbons (Fsp3) is 0.714. The molecular formula is C7H10O4. The number of aliphatic hydroxyl groups is 3. The Morgan fingerprint density at radius 2 is 2.27 bits per heavy atom. The van der Waals surface area contributed by atoms with Gasteiger partial charge in [0.05, 0.1) is 6.61 Å². The Balaban J connectivity index is 2.19. The first-order valence-corrected chi connectivity index (χ1v) is 3.54. The van der Waals surface area contributed by atoms with Crippen molar-refractivity contribution < 1.29 is 20.1 Å². The predicted octanol–water partition coefficient (Wildman–Crippen LogP) is -1.59. The summed E-state index contributed by atoms with van der Waals surface area (Å²) in [4.78, 5) is 0. The van der Waals surface area contributed by atoms with Crippen molar-refractivity contribution in [2.75, 3.05) is 6.61 Å². The average Bonchev–Trinajstić information content (AvgIpc) is 2.15. The van der Waals surface area contributed by atoms with Gasteiger partial charge >= 0.3 is 0 Å². The van der Waals surface area contributed by atoms with Crippen LogP contribution in [0.1, 0.15) is 0 Å². The van der Waals surface area contributed by atoms with Crippen LogP contribution in [-0.4, -0.2) is 45.8 Å². The summed E-state index contributed by atoms with van der Waals surface area (Å²) in [5.41, 5.74) is -1.24. The molecule has 0 spiro atoms. The third-order valence-electron chi connectivity index (χ3n) is 2.32. The molecule has 4 atom stereocenters. The van der Waals surface area contributed by atoms with E-state index >= 15 is 0 Å². The smallest absolute Gasteiger partial charge is 0.141 e. The molecule has 2 rings (SSSR count). The second-order valence-electron chi connectivity index (χ2n) is 2.97. The van der Waals surface area contributed by atoms with Gasteiger partial charge in [0.2, 0.25) is 0 Å². The molecule has 1 fully saturated rings. The van der Waals surface area contributed by atoms with Crippen LogP contribution in [0.5, 0.6) is 0 Å². The second-order valence-corrected chi connectivity index (χ2v) is 2.97. The van der Waals surface area contributed by atoms with Crippen LogP contribution in [0.3, 0.4) is 0 Å². The van der Waals surface area contributed by atoms with Crippen molar-refractivity contribution in [1.29, 1.82) is 0 Å². The van der Waals surface area contributed by atoms with Crippen LogP contribution in [0, 0.1) is 0 Å². The van der Waals surface area contributed by atoms with Gasteiger partial charge in [-0.3, -0.25) is 0 Å². The van der Waals surface area contributed by atoms with E-state index in [1.54, 1.807) is 6.08 Å². The highest BCUT2D eigenvalue weighted by atomic mass is 16.6. The summed E-state index contributed by atoms with van der Waals surface area (Å²) in [5, 5.41) is 27.6. The highest BCUT2D eigenvalue weighted by Gasteiger charge is 2.56. The molecule has 1 unspecified atom stereocenters. The molecular weight excluding hydrogens is 148 g/mol. The predicted molar refractivity (Wildman–Crippen MR) is 35.8 cm³/mol. The van der Waals surface area contributed by atoms with E-state index in [0.717, 1.165) is 0 Å². The Bertz CT molecular complexity index is 203. The Morgan fingerprint density at radius 1 is 1.55 bits per heavy atom. The first-order valence-electron chi connectivity index (χ1n) is 3.54. The standard InChI is InChI=1S/C7H10O4/c8-3-4-6(9)7(10)2-1-5(7)11-4/h1-2,4-6,8-10H,3H2/t4-,5+,6?,7-/m1/s1. The fourth-order valence-corrected chi connectivity index (χ4v) is 1.50. The first kappa shape index (κ1) is 7.24. The minimum Gasteiger partial charge on any atom is -0.394 e. The molecule has 11 heavy (non-hydrogen) atoms. The highest BCUT2D eigenvalue weighted by Crippen LogP contribution is 2.39. The zero-order valence-corrected chi connectivity index (χ0v) is 5.84. The van der Waals surface area contributed by atoms with E-state index < -0.39 is 23.9 Å². The number of ether oxygens (including phenoxy) is 1. The molecule has 0 amide bonds. The molecule has 1 heterocycles. The van der Waals surface area contributed by atoms with Gasteiger partial charge in [-0.1, -0.05) is 6.08 Å². The monoisotopic (exact) mass is 158 g/mol. The fourth-order valence-electron chi connectivity index (χ4n) is 1.50. The van der Waals surface area contributed by atoms with Crippen LogP contribution in [-0.2, 0) is 4.74 Å². The Morgan fingerprint density at radius 3 is 2.55 bits per heavy atom. The Labute approximate surface area is 63.7 Å². The summed E-state index contributed by atoms with van der Waals surface area (Å²) < 4.78 is 5.09. The van der Waals surface area contributed by atoms with Gasteiger partial charge in [0.1, 0.15) is 23.9 Å².